The van der Waals surface area contributed by atoms with Gasteiger partial charge < -0.3 is 19.7 Å². The second-order valence-corrected chi connectivity index (χ2v) is 8.82. The van der Waals surface area contributed by atoms with E-state index in [1.54, 1.807) is 6.92 Å². The van der Waals surface area contributed by atoms with Crippen molar-refractivity contribution in [1.82, 2.24) is 9.88 Å². The number of nitrogens with one attached hydrogen (secondary N) is 1. The van der Waals surface area contributed by atoms with Crippen molar-refractivity contribution in [1.29, 1.82) is 0 Å². The van der Waals surface area contributed by atoms with Gasteiger partial charge in [0.2, 0.25) is 5.91 Å². The Morgan fingerprint density at radius 3 is 2.61 bits per heavy atom. The van der Waals surface area contributed by atoms with Crippen LogP contribution in [-0.2, 0) is 22.4 Å². The lowest BCUT2D eigenvalue weighted by molar-refractivity contribution is -0.141. The molecule has 33 heavy (non-hydrogen) atoms. The number of hydrogen-bond acceptors (Lipinski definition) is 3. The second kappa shape index (κ2) is 9.94. The van der Waals surface area contributed by atoms with Crippen molar-refractivity contribution in [3.8, 4) is 11.5 Å². The first-order valence-electron chi connectivity index (χ1n) is 11.4. The number of hydrogen-bond donors (Lipinski definition) is 2. The number of para-hydroxylation sites is 1. The van der Waals surface area contributed by atoms with E-state index in [4.69, 9.17) is 9.84 Å². The van der Waals surface area contributed by atoms with Gasteiger partial charge >= 0.3 is 5.97 Å². The van der Waals surface area contributed by atoms with Crippen LogP contribution >= 0.6 is 0 Å². The molecular weight excluding hydrogens is 416 g/mol. The Morgan fingerprint density at radius 1 is 1.12 bits per heavy atom. The van der Waals surface area contributed by atoms with E-state index in [0.29, 0.717) is 12.8 Å². The molecule has 4 rings (SSSR count). The smallest absolute Gasteiger partial charge is 0.306 e. The van der Waals surface area contributed by atoms with Gasteiger partial charge in [-0.05, 0) is 61.2 Å². The van der Waals surface area contributed by atoms with Crippen molar-refractivity contribution in [3.63, 3.8) is 0 Å². The molecule has 1 fully saturated rings. The van der Waals surface area contributed by atoms with E-state index in [-0.39, 0.29) is 11.9 Å². The molecule has 2 unspecified atom stereocenters. The second-order valence-electron chi connectivity index (χ2n) is 8.82. The summed E-state index contributed by atoms with van der Waals surface area (Å²) in [6, 6.07) is 19.5. The number of carbonyl (C=O) groups is 2. The maximum Gasteiger partial charge on any atom is 0.306 e. The summed E-state index contributed by atoms with van der Waals surface area (Å²) >= 11 is 0. The molecule has 1 aliphatic rings. The molecule has 1 saturated heterocycles. The van der Waals surface area contributed by atoms with Gasteiger partial charge in [-0.2, -0.15) is 0 Å². The van der Waals surface area contributed by atoms with Gasteiger partial charge in [0.25, 0.3) is 0 Å². The number of carboxylic acids is 1. The molecule has 6 nitrogen and oxygen atoms in total. The molecule has 0 saturated carbocycles. The van der Waals surface area contributed by atoms with Gasteiger partial charge in [-0.1, -0.05) is 37.3 Å². The Kier molecular flexibility index (Phi) is 6.82. The van der Waals surface area contributed by atoms with Crippen LogP contribution in [0, 0.1) is 12.8 Å². The highest BCUT2D eigenvalue weighted by Crippen LogP contribution is 2.32. The largest absolute Gasteiger partial charge is 0.481 e. The zero-order valence-electron chi connectivity index (χ0n) is 19.1. The van der Waals surface area contributed by atoms with Crippen molar-refractivity contribution in [3.05, 3.63) is 83.2 Å². The molecule has 0 radical (unpaired) electrons. The Morgan fingerprint density at radius 2 is 1.88 bits per heavy atom. The first-order valence-corrected chi connectivity index (χ1v) is 11.4. The van der Waals surface area contributed by atoms with Crippen molar-refractivity contribution >= 4 is 11.9 Å². The lowest BCUT2D eigenvalue weighted by atomic mass is 10.1. The van der Waals surface area contributed by atoms with Gasteiger partial charge in [0.05, 0.1) is 18.4 Å². The average Bonchev–Trinajstić information content (AvgIpc) is 3.46. The summed E-state index contributed by atoms with van der Waals surface area (Å²) in [6.45, 7) is 4.44. The SMILES string of the molecule is Cc1ccccc1Oc1ccc(CC(=O)N2CCCC2c2ccc(CC(C)C(=O)O)[nH]2)cc1. The number of aromatic amines is 1. The van der Waals surface area contributed by atoms with Crippen LogP contribution in [0.15, 0.2) is 60.7 Å². The minimum atomic E-state index is -0.806. The molecule has 2 atom stereocenters. The standard InChI is InChI=1S/C27H30N2O4/c1-18-6-3-4-8-25(18)33-22-12-9-20(10-13-22)17-26(30)29-15-5-7-24(29)23-14-11-21(28-23)16-19(2)27(31)32/h3-4,6,8-14,19,24,28H,5,7,15-17H2,1-2H3,(H,31,32). The number of rotatable bonds is 8. The van der Waals surface area contributed by atoms with Crippen molar-refractivity contribution in [2.75, 3.05) is 6.54 Å². The Bertz CT molecular complexity index is 1120. The number of aryl methyl sites for hydroxylation is 1. The monoisotopic (exact) mass is 446 g/mol. The summed E-state index contributed by atoms with van der Waals surface area (Å²) < 4.78 is 5.95. The van der Waals surface area contributed by atoms with Gasteiger partial charge in [-0.3, -0.25) is 9.59 Å². The van der Waals surface area contributed by atoms with E-state index in [0.717, 1.165) is 53.4 Å². The summed E-state index contributed by atoms with van der Waals surface area (Å²) in [6.07, 6.45) is 2.65. The molecule has 1 amide bonds. The number of aromatic nitrogens is 1. The molecule has 0 bridgehead atoms. The lowest BCUT2D eigenvalue weighted by Gasteiger charge is -2.24. The van der Waals surface area contributed by atoms with E-state index < -0.39 is 11.9 Å². The van der Waals surface area contributed by atoms with Gasteiger partial charge in [-0.25, -0.2) is 0 Å². The third kappa shape index (κ3) is 5.45. The van der Waals surface area contributed by atoms with Crippen LogP contribution in [-0.4, -0.2) is 33.4 Å². The van der Waals surface area contributed by atoms with Crippen LogP contribution in [0.5, 0.6) is 11.5 Å². The molecule has 1 aliphatic heterocycles. The van der Waals surface area contributed by atoms with Crippen LogP contribution in [0.25, 0.3) is 0 Å². The fourth-order valence-corrected chi connectivity index (χ4v) is 4.33. The van der Waals surface area contributed by atoms with Crippen molar-refractivity contribution < 1.29 is 19.4 Å². The van der Waals surface area contributed by atoms with Crippen LogP contribution in [0.3, 0.4) is 0 Å². The zero-order valence-corrected chi connectivity index (χ0v) is 19.1. The number of aliphatic carboxylic acids is 1. The van der Waals surface area contributed by atoms with Crippen LogP contribution in [0.4, 0.5) is 0 Å². The molecule has 2 aromatic carbocycles. The zero-order chi connectivity index (χ0) is 23.4. The number of nitrogens with zero attached hydrogens (tertiary/aromatic N) is 1. The fourth-order valence-electron chi connectivity index (χ4n) is 4.33. The normalized spacial score (nSPS) is 16.5. The fraction of sp³-hybridized carbons (Fsp3) is 0.333. The molecule has 2 heterocycles. The maximum absolute atomic E-state index is 13.1. The van der Waals surface area contributed by atoms with Crippen molar-refractivity contribution in [2.45, 2.75) is 45.6 Å². The molecule has 172 valence electrons. The maximum atomic E-state index is 13.1. The summed E-state index contributed by atoms with van der Waals surface area (Å²) in [5.41, 5.74) is 3.89. The molecule has 2 N–H and O–H groups in total. The van der Waals surface area contributed by atoms with E-state index >= 15 is 0 Å². The highest BCUT2D eigenvalue weighted by Gasteiger charge is 2.31. The Balaban J connectivity index is 1.38. The molecule has 6 heteroatoms. The average molecular weight is 447 g/mol. The molecular formula is C27H30N2O4. The Labute approximate surface area is 194 Å². The van der Waals surface area contributed by atoms with Crippen molar-refractivity contribution in [2.24, 2.45) is 5.92 Å². The van der Waals surface area contributed by atoms with Crippen LogP contribution in [0.1, 0.15) is 48.3 Å². The van der Waals surface area contributed by atoms with Gasteiger partial charge in [0, 0.05) is 24.4 Å². The summed E-state index contributed by atoms with van der Waals surface area (Å²) in [5.74, 6) is 0.410. The van der Waals surface area contributed by atoms with E-state index in [2.05, 4.69) is 4.98 Å². The number of benzene rings is 2. The third-order valence-corrected chi connectivity index (χ3v) is 6.25. The lowest BCUT2D eigenvalue weighted by Crippen LogP contribution is -2.32. The highest BCUT2D eigenvalue weighted by molar-refractivity contribution is 5.79. The minimum Gasteiger partial charge on any atom is -0.481 e. The summed E-state index contributed by atoms with van der Waals surface area (Å²) in [7, 11) is 0. The van der Waals surface area contributed by atoms with Gasteiger partial charge in [-0.15, -0.1) is 0 Å². The van der Waals surface area contributed by atoms with Gasteiger partial charge in [0.15, 0.2) is 0 Å². The molecule has 0 spiro atoms. The van der Waals surface area contributed by atoms with E-state index in [9.17, 15) is 9.59 Å². The third-order valence-electron chi connectivity index (χ3n) is 6.25. The van der Waals surface area contributed by atoms with Gasteiger partial charge in [0.1, 0.15) is 11.5 Å². The topological polar surface area (TPSA) is 82.6 Å². The first kappa shape index (κ1) is 22.6. The minimum absolute atomic E-state index is 0.00930. The number of carboxylic acid groups (broad SMARTS) is 1. The van der Waals surface area contributed by atoms with E-state index in [1.807, 2.05) is 72.5 Å². The predicted molar refractivity (Wildman–Crippen MR) is 126 cm³/mol. The summed E-state index contributed by atoms with van der Waals surface area (Å²) in [5, 5.41) is 9.15. The first-order chi connectivity index (χ1) is 15.9. The predicted octanol–water partition coefficient (Wildman–Crippen LogP) is 5.28. The molecule has 1 aromatic heterocycles. The Hall–Kier alpha value is -3.54. The molecule has 3 aromatic rings. The molecule has 0 aliphatic carbocycles. The quantitative estimate of drug-likeness (QED) is 0.493. The number of amides is 1. The number of carbonyl (C=O) groups excluding carboxylic acids is 1. The van der Waals surface area contributed by atoms with E-state index in [1.165, 1.54) is 0 Å². The number of likely N-dealkylation sites (tertiary alicyclic amines) is 1. The number of H-pyrrole nitrogens is 1. The van der Waals surface area contributed by atoms with Crippen LogP contribution < -0.4 is 4.74 Å². The van der Waals surface area contributed by atoms with Crippen LogP contribution in [0.2, 0.25) is 0 Å². The summed E-state index contributed by atoms with van der Waals surface area (Å²) in [4.78, 5) is 29.5. The highest BCUT2D eigenvalue weighted by atomic mass is 16.5. The number of ether oxygens (including phenoxy) is 1.